The van der Waals surface area contributed by atoms with Gasteiger partial charge in [-0.1, -0.05) is 31.4 Å². The second-order valence-corrected chi connectivity index (χ2v) is 8.90. The number of carbonyl (C=O) groups is 1. The lowest BCUT2D eigenvalue weighted by Crippen LogP contribution is -2.56. The van der Waals surface area contributed by atoms with Gasteiger partial charge in [-0.05, 0) is 82.0 Å². The fourth-order valence-electron chi connectivity index (χ4n) is 6.09. The normalized spacial score (nSPS) is 44.9. The Hall–Kier alpha value is -0.790. The smallest absolute Gasteiger partial charge is 0.0476 e. The Bertz CT molecular complexity index is 502. The van der Waals surface area contributed by atoms with E-state index in [0.717, 1.165) is 25.2 Å². The maximum atomic E-state index is 11.8. The van der Waals surface area contributed by atoms with Gasteiger partial charge in [0.2, 0.25) is 0 Å². The number of carboxylic acid groups (broad SMARTS) is 1. The van der Waals surface area contributed by atoms with Gasteiger partial charge < -0.3 is 9.90 Å². The first-order valence-electron chi connectivity index (χ1n) is 9.15. The van der Waals surface area contributed by atoms with Crippen LogP contribution in [0.15, 0.2) is 11.1 Å². The van der Waals surface area contributed by atoms with Crippen LogP contribution in [-0.4, -0.2) is 5.97 Å². The number of carboxylic acids is 1. The highest BCUT2D eigenvalue weighted by molar-refractivity contribution is 5.72. The molecule has 22 heavy (non-hydrogen) atoms. The van der Waals surface area contributed by atoms with Crippen LogP contribution in [0, 0.1) is 28.6 Å². The van der Waals surface area contributed by atoms with Gasteiger partial charge in [-0.15, -0.1) is 0 Å². The van der Waals surface area contributed by atoms with E-state index >= 15 is 0 Å². The van der Waals surface area contributed by atoms with Gasteiger partial charge >= 0.3 is 0 Å². The van der Waals surface area contributed by atoms with E-state index in [0.29, 0.717) is 17.3 Å². The van der Waals surface area contributed by atoms with Crippen molar-refractivity contribution in [1.29, 1.82) is 0 Å². The number of hydrogen-bond acceptors (Lipinski definition) is 2. The fourth-order valence-corrected chi connectivity index (χ4v) is 6.09. The van der Waals surface area contributed by atoms with E-state index in [1.54, 1.807) is 5.57 Å². The van der Waals surface area contributed by atoms with Crippen LogP contribution in [0.5, 0.6) is 0 Å². The first-order chi connectivity index (χ1) is 10.3. The number of aliphatic carboxylic acids is 1. The third-order valence-electron chi connectivity index (χ3n) is 7.75. The average Bonchev–Trinajstić information content (AvgIpc) is 2.46. The molecule has 0 aromatic heterocycles. The number of carbonyl (C=O) groups excluding carboxylic acids is 1. The predicted octanol–water partition coefficient (Wildman–Crippen LogP) is 4.10. The molecule has 0 aromatic rings. The van der Waals surface area contributed by atoms with Gasteiger partial charge in [0.1, 0.15) is 0 Å². The molecule has 0 N–H and O–H groups in total. The highest BCUT2D eigenvalue weighted by Crippen LogP contribution is 2.63. The van der Waals surface area contributed by atoms with Gasteiger partial charge in [-0.3, -0.25) is 0 Å². The van der Waals surface area contributed by atoms with E-state index in [4.69, 9.17) is 0 Å². The summed E-state index contributed by atoms with van der Waals surface area (Å²) in [5, 5.41) is 11.8. The van der Waals surface area contributed by atoms with E-state index in [1.807, 2.05) is 6.92 Å². The molecule has 0 heterocycles. The van der Waals surface area contributed by atoms with Gasteiger partial charge in [0.05, 0.1) is 0 Å². The maximum Gasteiger partial charge on any atom is 0.0476 e. The van der Waals surface area contributed by atoms with Gasteiger partial charge in [0.25, 0.3) is 0 Å². The molecular weight excluding hydrogens is 272 g/mol. The Morgan fingerprint density at radius 3 is 2.45 bits per heavy atom. The van der Waals surface area contributed by atoms with Crippen molar-refractivity contribution in [2.24, 2.45) is 28.6 Å². The van der Waals surface area contributed by atoms with E-state index in [2.05, 4.69) is 20.8 Å². The molecule has 0 spiro atoms. The Morgan fingerprint density at radius 1 is 1.09 bits per heavy atom. The van der Waals surface area contributed by atoms with Gasteiger partial charge in [0.15, 0.2) is 0 Å². The molecule has 3 fully saturated rings. The Balaban J connectivity index is 1.90. The van der Waals surface area contributed by atoms with E-state index in [9.17, 15) is 9.90 Å². The first kappa shape index (κ1) is 16.1. The van der Waals surface area contributed by atoms with E-state index < -0.39 is 11.4 Å². The molecule has 0 saturated heterocycles. The van der Waals surface area contributed by atoms with Crippen molar-refractivity contribution in [3.05, 3.63) is 11.1 Å². The molecule has 2 heteroatoms. The summed E-state index contributed by atoms with van der Waals surface area (Å²) in [6.07, 6.45) is 9.13. The van der Waals surface area contributed by atoms with Crippen LogP contribution in [0.2, 0.25) is 0 Å². The quantitative estimate of drug-likeness (QED) is 0.684. The lowest BCUT2D eigenvalue weighted by Gasteiger charge is -2.60. The fraction of sp³-hybridized carbons (Fsp3) is 0.850. The molecule has 0 amide bonds. The number of hydrogen-bond donors (Lipinski definition) is 0. The van der Waals surface area contributed by atoms with Crippen LogP contribution < -0.4 is 5.11 Å². The summed E-state index contributed by atoms with van der Waals surface area (Å²) in [5.41, 5.74) is 2.93. The first-order valence-corrected chi connectivity index (χ1v) is 9.15. The SMILES string of the molecule is CC(C)=C1CC[C@]2(C)[C@H](CC[C@H]3[C@@H]2CCC[C@@]3(C)C(=O)[O-])C1. The zero-order valence-corrected chi connectivity index (χ0v) is 14.7. The molecule has 0 aliphatic heterocycles. The number of allylic oxidation sites excluding steroid dienone is 2. The topological polar surface area (TPSA) is 40.1 Å². The molecule has 0 aromatic carbocycles. The van der Waals surface area contributed by atoms with Gasteiger partial charge in [-0.25, -0.2) is 0 Å². The summed E-state index contributed by atoms with van der Waals surface area (Å²) in [6, 6.07) is 0. The summed E-state index contributed by atoms with van der Waals surface area (Å²) in [4.78, 5) is 11.8. The number of fused-ring (bicyclic) bond motifs is 3. The maximum absolute atomic E-state index is 11.8. The second kappa shape index (κ2) is 5.39. The zero-order valence-electron chi connectivity index (χ0n) is 14.7. The minimum absolute atomic E-state index is 0.334. The Morgan fingerprint density at radius 2 is 1.82 bits per heavy atom. The van der Waals surface area contributed by atoms with Crippen molar-refractivity contribution in [2.45, 2.75) is 79.1 Å². The lowest BCUT2D eigenvalue weighted by atomic mass is 9.45. The van der Waals surface area contributed by atoms with Crippen LogP contribution in [0.1, 0.15) is 79.1 Å². The average molecular weight is 303 g/mol. The highest BCUT2D eigenvalue weighted by Gasteiger charge is 2.55. The largest absolute Gasteiger partial charge is 0.550 e. The molecular formula is C20H31O2-. The molecule has 124 valence electrons. The van der Waals surface area contributed by atoms with Crippen LogP contribution >= 0.6 is 0 Å². The van der Waals surface area contributed by atoms with Crippen LogP contribution in [0.4, 0.5) is 0 Å². The predicted molar refractivity (Wildman–Crippen MR) is 87.0 cm³/mol. The summed E-state index contributed by atoms with van der Waals surface area (Å²) in [6.45, 7) is 8.93. The van der Waals surface area contributed by atoms with Crippen molar-refractivity contribution in [2.75, 3.05) is 0 Å². The molecule has 0 bridgehead atoms. The third kappa shape index (κ3) is 2.25. The van der Waals surface area contributed by atoms with Crippen molar-refractivity contribution < 1.29 is 9.90 Å². The lowest BCUT2D eigenvalue weighted by molar-refractivity contribution is -0.326. The Kier molecular flexibility index (Phi) is 3.94. The van der Waals surface area contributed by atoms with Crippen molar-refractivity contribution in [3.8, 4) is 0 Å². The van der Waals surface area contributed by atoms with Crippen LogP contribution in [-0.2, 0) is 4.79 Å². The highest BCUT2D eigenvalue weighted by atomic mass is 16.4. The molecule has 0 radical (unpaired) electrons. The van der Waals surface area contributed by atoms with E-state index in [-0.39, 0.29) is 0 Å². The molecule has 0 unspecified atom stereocenters. The zero-order chi connectivity index (χ0) is 16.1. The summed E-state index contributed by atoms with van der Waals surface area (Å²) in [5.74, 6) is 0.879. The molecule has 3 saturated carbocycles. The molecule has 2 nitrogen and oxygen atoms in total. The van der Waals surface area contributed by atoms with Crippen molar-refractivity contribution in [3.63, 3.8) is 0 Å². The summed E-state index contributed by atoms with van der Waals surface area (Å²) in [7, 11) is 0. The minimum Gasteiger partial charge on any atom is -0.550 e. The standard InChI is InChI=1S/C20H32O2/c1-13(2)14-9-11-19(3)15(12-14)7-8-17-16(19)6-5-10-20(17,4)18(21)22/h15-17H,5-12H2,1-4H3,(H,21,22)/p-1/t15-,16+,17+,19-,20-/m1/s1. The van der Waals surface area contributed by atoms with Crippen molar-refractivity contribution >= 4 is 5.97 Å². The van der Waals surface area contributed by atoms with Crippen molar-refractivity contribution in [1.82, 2.24) is 0 Å². The second-order valence-electron chi connectivity index (χ2n) is 8.90. The molecule has 3 rings (SSSR count). The molecule has 3 aliphatic carbocycles. The van der Waals surface area contributed by atoms with E-state index in [1.165, 1.54) is 37.7 Å². The van der Waals surface area contributed by atoms with Gasteiger partial charge in [-0.2, -0.15) is 0 Å². The monoisotopic (exact) mass is 303 g/mol. The van der Waals surface area contributed by atoms with Gasteiger partial charge in [0, 0.05) is 11.4 Å². The Labute approximate surface area is 135 Å². The molecule has 5 atom stereocenters. The molecule has 3 aliphatic rings. The summed E-state index contributed by atoms with van der Waals surface area (Å²) >= 11 is 0. The third-order valence-corrected chi connectivity index (χ3v) is 7.75. The van der Waals surface area contributed by atoms with Crippen LogP contribution in [0.3, 0.4) is 0 Å². The number of rotatable bonds is 1. The minimum atomic E-state index is -0.801. The van der Waals surface area contributed by atoms with Crippen LogP contribution in [0.25, 0.3) is 0 Å². The summed E-state index contributed by atoms with van der Waals surface area (Å²) < 4.78 is 0.